The van der Waals surface area contributed by atoms with E-state index in [9.17, 15) is 0 Å². The van der Waals surface area contributed by atoms with Crippen molar-refractivity contribution in [1.82, 2.24) is 0 Å². The first-order valence-electron chi connectivity index (χ1n) is 1.67. The van der Waals surface area contributed by atoms with E-state index in [-0.39, 0.29) is 59.0 Å². The number of hydrogen-bond donors (Lipinski definition) is 0. The van der Waals surface area contributed by atoms with Crippen molar-refractivity contribution in [1.29, 1.82) is 0 Å². The second-order valence-electron chi connectivity index (χ2n) is 0.846. The molecule has 0 bridgehead atoms. The maximum Gasteiger partial charge on any atom is -0.0149 e. The molecule has 0 amide bonds. The van der Waals surface area contributed by atoms with Crippen LogP contribution in [0.4, 0.5) is 0 Å². The summed E-state index contributed by atoms with van der Waals surface area (Å²) in [5, 5.41) is 0. The van der Waals surface area contributed by atoms with Gasteiger partial charge in [0, 0.05) is 0 Å². The van der Waals surface area contributed by atoms with Gasteiger partial charge in [-0.1, -0.05) is 0 Å². The van der Waals surface area contributed by atoms with Gasteiger partial charge in [-0.05, 0) is 11.0 Å². The first-order chi connectivity index (χ1) is 2.41. The summed E-state index contributed by atoms with van der Waals surface area (Å²) in [5.74, 6) is 0. The molecule has 0 aliphatic heterocycles. The van der Waals surface area contributed by atoms with Crippen molar-refractivity contribution in [3.05, 3.63) is 12.7 Å². The molecule has 0 radical (unpaired) electrons. The predicted octanol–water partition coefficient (Wildman–Crippen LogP) is -5.72. The summed E-state index contributed by atoms with van der Waals surface area (Å²) in [7, 11) is 0. The summed E-state index contributed by atoms with van der Waals surface area (Å²) >= 11 is 0.0876. The summed E-state index contributed by atoms with van der Waals surface area (Å²) in [6.45, 7) is 3.59. The van der Waals surface area contributed by atoms with Crippen molar-refractivity contribution in [2.75, 3.05) is 0 Å². The van der Waals surface area contributed by atoms with Crippen LogP contribution in [0, 0.1) is 0 Å². The van der Waals surface area contributed by atoms with Crippen LogP contribution < -0.4 is 24.8 Å². The maximum absolute atomic E-state index is 3.59. The minimum atomic E-state index is 0. The second kappa shape index (κ2) is 23.7. The van der Waals surface area contributed by atoms with E-state index in [1.165, 1.54) is 4.13 Å². The maximum atomic E-state index is 3.59. The third-order valence-electron chi connectivity index (χ3n) is 0.348. The van der Waals surface area contributed by atoms with E-state index in [1.807, 2.05) is 6.08 Å². The second-order valence-corrected chi connectivity index (χ2v) is 3.59. The molecule has 0 fully saturated rings. The fraction of sp³-hybridized carbons (Fsp3) is 0.500. The summed E-state index contributed by atoms with van der Waals surface area (Å²) in [6, 6.07) is 0. The van der Waals surface area contributed by atoms with Crippen molar-refractivity contribution in [3.8, 4) is 0 Å². The van der Waals surface area contributed by atoms with Gasteiger partial charge in [-0.25, -0.2) is 0 Å². The van der Waals surface area contributed by atoms with E-state index in [0.29, 0.717) is 0 Å². The summed E-state index contributed by atoms with van der Waals surface area (Å²) in [6.07, 6.45) is 2.01. The van der Waals surface area contributed by atoms with Crippen LogP contribution in [-0.2, 0) is 23.2 Å². The van der Waals surface area contributed by atoms with Crippen molar-refractivity contribution in [2.24, 2.45) is 0 Å². The Hall–Kier alpha value is 1.42. The molecule has 0 aliphatic carbocycles. The van der Waals surface area contributed by atoms with Gasteiger partial charge in [0.15, 0.2) is 0 Å². The molecule has 8 heavy (non-hydrogen) atoms. The molecular formula is C4H12Cl2SiZr. The molecule has 0 saturated heterocycles. The summed E-state index contributed by atoms with van der Waals surface area (Å²) in [4.78, 5) is 0. The Balaban J connectivity index is -0.0000000267. The van der Waals surface area contributed by atoms with Crippen molar-refractivity contribution >= 4 is 11.0 Å². The van der Waals surface area contributed by atoms with E-state index in [2.05, 4.69) is 11.2 Å². The Morgan fingerprint density at radius 3 is 1.88 bits per heavy atom. The minimum Gasteiger partial charge on any atom is -1.00 e. The zero-order chi connectivity index (χ0) is 4.12. The van der Waals surface area contributed by atoms with Crippen LogP contribution >= 0.6 is 0 Å². The van der Waals surface area contributed by atoms with Gasteiger partial charge in [0.1, 0.15) is 0 Å². The molecule has 0 heterocycles. The molecule has 0 rings (SSSR count). The number of hydrogen-bond acceptors (Lipinski definition) is 0. The summed E-state index contributed by atoms with van der Waals surface area (Å²) in [5.41, 5.74) is 0. The van der Waals surface area contributed by atoms with E-state index in [0.717, 1.165) is 0 Å². The Morgan fingerprint density at radius 2 is 1.88 bits per heavy atom. The quantitative estimate of drug-likeness (QED) is 0.338. The van der Waals surface area contributed by atoms with Crippen LogP contribution in [0.3, 0.4) is 0 Å². The first-order valence-corrected chi connectivity index (χ1v) is 5.87. The molecule has 0 aromatic heterocycles. The number of rotatable bonds is 2. The SMILES string of the molecule is C=C[CH2][Zr+2][CH3].[Cl-].[Cl-].[SiH4]. The Bertz CT molecular complexity index is 35.2. The zero-order valence-corrected chi connectivity index (χ0v) is 8.22. The predicted molar refractivity (Wildman–Crippen MR) is 32.2 cm³/mol. The molecule has 0 nitrogen and oxygen atoms in total. The van der Waals surface area contributed by atoms with E-state index in [1.54, 1.807) is 0 Å². The van der Waals surface area contributed by atoms with E-state index in [4.69, 9.17) is 0 Å². The zero-order valence-electron chi connectivity index (χ0n) is 4.25. The molecule has 4 heteroatoms. The van der Waals surface area contributed by atoms with Crippen LogP contribution in [0.1, 0.15) is 0 Å². The number of halogens is 2. The molecule has 0 atom stereocenters. The molecule has 50 valence electrons. The van der Waals surface area contributed by atoms with Gasteiger partial charge >= 0.3 is 44.7 Å². The van der Waals surface area contributed by atoms with Crippen LogP contribution in [-0.4, -0.2) is 11.0 Å². The van der Waals surface area contributed by atoms with Gasteiger partial charge in [-0.15, -0.1) is 0 Å². The fourth-order valence-corrected chi connectivity index (χ4v) is 0.854. The van der Waals surface area contributed by atoms with E-state index >= 15 is 0 Å². The van der Waals surface area contributed by atoms with Crippen molar-refractivity contribution in [3.63, 3.8) is 0 Å². The molecular weight excluding hydrogens is 238 g/mol. The monoisotopic (exact) mass is 248 g/mol. The average molecular weight is 250 g/mol. The van der Waals surface area contributed by atoms with Gasteiger partial charge < -0.3 is 24.8 Å². The minimum absolute atomic E-state index is 0. The Labute approximate surface area is 79.9 Å². The number of allylic oxidation sites excluding steroid dienone is 1. The molecule has 0 aromatic rings. The van der Waals surface area contributed by atoms with Crippen LogP contribution in [0.5, 0.6) is 0 Å². The van der Waals surface area contributed by atoms with Gasteiger partial charge in [-0.3, -0.25) is 0 Å². The smallest absolute Gasteiger partial charge is 0.0149 e. The van der Waals surface area contributed by atoms with Crippen LogP contribution in [0.2, 0.25) is 8.76 Å². The molecule has 0 aromatic carbocycles. The Morgan fingerprint density at radius 1 is 1.50 bits per heavy atom. The third kappa shape index (κ3) is 26.1. The van der Waals surface area contributed by atoms with Gasteiger partial charge in [-0.2, -0.15) is 0 Å². The normalized spacial score (nSPS) is 3.62. The molecule has 0 aliphatic rings. The molecule has 0 N–H and O–H groups in total. The van der Waals surface area contributed by atoms with E-state index < -0.39 is 0 Å². The fourth-order valence-electron chi connectivity index (χ4n) is 0.144. The standard InChI is InChI=1S/C3H5.CH3.2ClH.H4Si.Zr/c1-3-2;;;;;/h3H,1-2H2;1H3;2*1H;1H4;/q;;;;;+2/p-2. The summed E-state index contributed by atoms with van der Waals surface area (Å²) < 4.78 is 3.63. The molecule has 0 spiro atoms. The van der Waals surface area contributed by atoms with Crippen LogP contribution in [0.25, 0.3) is 0 Å². The topological polar surface area (TPSA) is 0 Å². The average Bonchev–Trinajstić information content (AvgIpc) is 1.41. The first kappa shape index (κ1) is 22.7. The largest absolute Gasteiger partial charge is 1.00 e. The third-order valence-corrected chi connectivity index (χ3v) is 2.06. The molecule has 0 unspecified atom stereocenters. The van der Waals surface area contributed by atoms with Gasteiger partial charge in [0.2, 0.25) is 0 Å². The van der Waals surface area contributed by atoms with Crippen molar-refractivity contribution in [2.45, 2.75) is 8.76 Å². The Kier molecular flexibility index (Phi) is 67.4. The van der Waals surface area contributed by atoms with Crippen molar-refractivity contribution < 1.29 is 48.0 Å². The molecule has 0 saturated carbocycles. The van der Waals surface area contributed by atoms with Gasteiger partial charge in [0.25, 0.3) is 0 Å². The van der Waals surface area contributed by atoms with Crippen LogP contribution in [0.15, 0.2) is 12.7 Å². The van der Waals surface area contributed by atoms with Gasteiger partial charge in [0.05, 0.1) is 0 Å².